The van der Waals surface area contributed by atoms with E-state index in [2.05, 4.69) is 6.58 Å². The summed E-state index contributed by atoms with van der Waals surface area (Å²) in [6, 6.07) is 4.93. The fourth-order valence-electron chi connectivity index (χ4n) is 2.43. The van der Waals surface area contributed by atoms with Crippen molar-refractivity contribution in [2.45, 2.75) is 24.4 Å². The fourth-order valence-corrected chi connectivity index (χ4v) is 3.79. The molecule has 0 aliphatic carbocycles. The highest BCUT2D eigenvalue weighted by molar-refractivity contribution is 7.93. The SMILES string of the molecule is C=CC(=O)N(Cc1ccccc1C(F)(F)F)CC1CCS1(=O)=O. The van der Waals surface area contributed by atoms with Gasteiger partial charge in [0, 0.05) is 13.1 Å². The molecule has 1 aliphatic rings. The van der Waals surface area contributed by atoms with Crippen LogP contribution < -0.4 is 0 Å². The number of halogens is 3. The molecule has 1 fully saturated rings. The van der Waals surface area contributed by atoms with Gasteiger partial charge in [-0.15, -0.1) is 0 Å². The van der Waals surface area contributed by atoms with Gasteiger partial charge >= 0.3 is 6.18 Å². The van der Waals surface area contributed by atoms with Crippen LogP contribution in [0.15, 0.2) is 36.9 Å². The molecule has 0 spiro atoms. The predicted octanol–water partition coefficient (Wildman–Crippen LogP) is 2.41. The average molecular weight is 347 g/mol. The Morgan fingerprint density at radius 2 is 2.00 bits per heavy atom. The number of hydrogen-bond acceptors (Lipinski definition) is 3. The standard InChI is InChI=1S/C15H16F3NO3S/c1-2-14(20)19(10-12-7-8-23(12,21)22)9-11-5-3-4-6-13(11)15(16,17)18/h2-6,12H,1,7-10H2. The number of benzene rings is 1. The Hall–Kier alpha value is -1.83. The van der Waals surface area contributed by atoms with Gasteiger partial charge in [0.15, 0.2) is 9.84 Å². The monoisotopic (exact) mass is 347 g/mol. The quantitative estimate of drug-likeness (QED) is 0.769. The third kappa shape index (κ3) is 3.93. The zero-order chi connectivity index (χ0) is 17.3. The number of alkyl halides is 3. The maximum atomic E-state index is 13.0. The van der Waals surface area contributed by atoms with E-state index in [4.69, 9.17) is 0 Å². The van der Waals surface area contributed by atoms with Gasteiger partial charge < -0.3 is 4.90 Å². The van der Waals surface area contributed by atoms with E-state index in [1.54, 1.807) is 0 Å². The van der Waals surface area contributed by atoms with Crippen molar-refractivity contribution in [3.05, 3.63) is 48.0 Å². The smallest absolute Gasteiger partial charge is 0.334 e. The molecule has 4 nitrogen and oxygen atoms in total. The Kier molecular flexibility index (Phi) is 4.84. The van der Waals surface area contributed by atoms with Crippen LogP contribution >= 0.6 is 0 Å². The molecule has 0 radical (unpaired) electrons. The van der Waals surface area contributed by atoms with Gasteiger partial charge in [0.1, 0.15) is 0 Å². The molecule has 1 unspecified atom stereocenters. The maximum absolute atomic E-state index is 13.0. The molecule has 1 aliphatic heterocycles. The van der Waals surface area contributed by atoms with Gasteiger partial charge in [0.2, 0.25) is 5.91 Å². The van der Waals surface area contributed by atoms with Crippen LogP contribution in [0.3, 0.4) is 0 Å². The zero-order valence-electron chi connectivity index (χ0n) is 12.2. The number of rotatable bonds is 5. The van der Waals surface area contributed by atoms with Crippen LogP contribution in [0.4, 0.5) is 13.2 Å². The van der Waals surface area contributed by atoms with Gasteiger partial charge in [-0.05, 0) is 24.1 Å². The summed E-state index contributed by atoms with van der Waals surface area (Å²) in [4.78, 5) is 13.0. The van der Waals surface area contributed by atoms with Gasteiger partial charge in [-0.1, -0.05) is 24.8 Å². The summed E-state index contributed by atoms with van der Waals surface area (Å²) in [6.45, 7) is 2.88. The van der Waals surface area contributed by atoms with Crippen molar-refractivity contribution >= 4 is 15.7 Å². The second-order valence-electron chi connectivity index (χ2n) is 5.36. The number of carbonyl (C=O) groups is 1. The van der Waals surface area contributed by atoms with Crippen LogP contribution in [0.1, 0.15) is 17.5 Å². The molecule has 126 valence electrons. The van der Waals surface area contributed by atoms with Crippen molar-refractivity contribution in [3.8, 4) is 0 Å². The summed E-state index contributed by atoms with van der Waals surface area (Å²) in [5.74, 6) is -0.545. The molecular formula is C15H16F3NO3S. The molecule has 1 saturated heterocycles. The van der Waals surface area contributed by atoms with E-state index in [0.29, 0.717) is 6.42 Å². The lowest BCUT2D eigenvalue weighted by atomic mass is 10.1. The molecule has 8 heteroatoms. The first-order valence-electron chi connectivity index (χ1n) is 6.93. The van der Waals surface area contributed by atoms with Crippen LogP contribution in [0.5, 0.6) is 0 Å². The summed E-state index contributed by atoms with van der Waals surface area (Å²) in [5, 5.41) is -0.718. The molecule has 1 aromatic rings. The van der Waals surface area contributed by atoms with E-state index in [1.165, 1.54) is 18.2 Å². The third-order valence-electron chi connectivity index (χ3n) is 3.83. The average Bonchev–Trinajstić information content (AvgIpc) is 2.48. The number of amides is 1. The van der Waals surface area contributed by atoms with Crippen LogP contribution in [-0.4, -0.2) is 36.8 Å². The molecule has 0 saturated carbocycles. The Morgan fingerprint density at radius 1 is 1.35 bits per heavy atom. The lowest BCUT2D eigenvalue weighted by Gasteiger charge is -2.32. The van der Waals surface area contributed by atoms with Crippen LogP contribution in [0, 0.1) is 0 Å². The molecule has 1 atom stereocenters. The Morgan fingerprint density at radius 3 is 2.48 bits per heavy atom. The van der Waals surface area contributed by atoms with E-state index >= 15 is 0 Å². The topological polar surface area (TPSA) is 54.5 Å². The maximum Gasteiger partial charge on any atom is 0.416 e. The second kappa shape index (κ2) is 6.35. The summed E-state index contributed by atoms with van der Waals surface area (Å²) in [7, 11) is -3.24. The molecule has 1 aromatic carbocycles. The largest absolute Gasteiger partial charge is 0.416 e. The minimum atomic E-state index is -4.54. The minimum Gasteiger partial charge on any atom is -0.334 e. The minimum absolute atomic E-state index is 0.0485. The first-order valence-corrected chi connectivity index (χ1v) is 8.64. The lowest BCUT2D eigenvalue weighted by Crippen LogP contribution is -2.46. The molecule has 1 amide bonds. The molecule has 0 aromatic heterocycles. The molecule has 1 heterocycles. The van der Waals surface area contributed by atoms with E-state index in [1.807, 2.05) is 0 Å². The van der Waals surface area contributed by atoms with Gasteiger partial charge in [0.05, 0.1) is 16.6 Å². The molecular weight excluding hydrogens is 331 g/mol. The van der Waals surface area contributed by atoms with Crippen molar-refractivity contribution in [2.24, 2.45) is 0 Å². The highest BCUT2D eigenvalue weighted by Gasteiger charge is 2.38. The highest BCUT2D eigenvalue weighted by Crippen LogP contribution is 2.32. The summed E-state index contributed by atoms with van der Waals surface area (Å²) >= 11 is 0. The highest BCUT2D eigenvalue weighted by atomic mass is 32.2. The Balaban J connectivity index is 2.25. The van der Waals surface area contributed by atoms with E-state index in [0.717, 1.165) is 17.0 Å². The van der Waals surface area contributed by atoms with Crippen LogP contribution in [0.25, 0.3) is 0 Å². The van der Waals surface area contributed by atoms with E-state index < -0.39 is 32.7 Å². The number of nitrogens with zero attached hydrogens (tertiary/aromatic N) is 1. The van der Waals surface area contributed by atoms with Crippen molar-refractivity contribution in [1.82, 2.24) is 4.90 Å². The van der Waals surface area contributed by atoms with Gasteiger partial charge in [-0.3, -0.25) is 4.79 Å². The number of carbonyl (C=O) groups excluding carboxylic acids is 1. The lowest BCUT2D eigenvalue weighted by molar-refractivity contribution is -0.139. The van der Waals surface area contributed by atoms with Crippen LogP contribution in [-0.2, 0) is 27.4 Å². The van der Waals surface area contributed by atoms with E-state index in [9.17, 15) is 26.4 Å². The van der Waals surface area contributed by atoms with Crippen LogP contribution in [0.2, 0.25) is 0 Å². The summed E-state index contributed by atoms with van der Waals surface area (Å²) in [6.07, 6.45) is -3.16. The zero-order valence-corrected chi connectivity index (χ0v) is 13.0. The summed E-state index contributed by atoms with van der Waals surface area (Å²) in [5.41, 5.74) is -0.912. The number of sulfone groups is 1. The molecule has 0 bridgehead atoms. The van der Waals surface area contributed by atoms with Crippen molar-refractivity contribution in [1.29, 1.82) is 0 Å². The summed E-state index contributed by atoms with van der Waals surface area (Å²) < 4.78 is 62.3. The third-order valence-corrected chi connectivity index (χ3v) is 6.03. The molecule has 23 heavy (non-hydrogen) atoms. The number of hydrogen-bond donors (Lipinski definition) is 0. The first-order chi connectivity index (χ1) is 10.6. The Labute approximate surface area is 132 Å². The fraction of sp³-hybridized carbons (Fsp3) is 0.400. The second-order valence-corrected chi connectivity index (χ2v) is 7.76. The van der Waals surface area contributed by atoms with Crippen molar-refractivity contribution < 1.29 is 26.4 Å². The van der Waals surface area contributed by atoms with E-state index in [-0.39, 0.29) is 24.4 Å². The van der Waals surface area contributed by atoms with Gasteiger partial charge in [-0.25, -0.2) is 8.42 Å². The molecule has 0 N–H and O–H groups in total. The Bertz CT molecular complexity index is 713. The first kappa shape index (κ1) is 17.5. The van der Waals surface area contributed by atoms with Crippen molar-refractivity contribution in [3.63, 3.8) is 0 Å². The van der Waals surface area contributed by atoms with Crippen molar-refractivity contribution in [2.75, 3.05) is 12.3 Å². The molecule has 2 rings (SSSR count). The predicted molar refractivity (Wildman–Crippen MR) is 79.2 cm³/mol. The van der Waals surface area contributed by atoms with Gasteiger partial charge in [0.25, 0.3) is 0 Å². The normalized spacial score (nSPS) is 19.7. The van der Waals surface area contributed by atoms with Gasteiger partial charge in [-0.2, -0.15) is 13.2 Å².